The lowest BCUT2D eigenvalue weighted by atomic mass is 10.2. The zero-order valence-electron chi connectivity index (χ0n) is 11.6. The minimum absolute atomic E-state index is 0.165. The first-order valence-corrected chi connectivity index (χ1v) is 8.39. The van der Waals surface area contributed by atoms with Gasteiger partial charge in [0.15, 0.2) is 0 Å². The molecule has 4 nitrogen and oxygen atoms in total. The average molecular weight is 282 g/mol. The van der Waals surface area contributed by atoms with Crippen LogP contribution in [0.5, 0.6) is 0 Å². The van der Waals surface area contributed by atoms with Crippen LogP contribution < -0.4 is 5.32 Å². The van der Waals surface area contributed by atoms with E-state index in [1.165, 1.54) is 0 Å². The SMILES string of the molecule is CCNc1ccc(S(=O)(=O)N2CCCC2CC)cc1. The lowest BCUT2D eigenvalue weighted by Gasteiger charge is -2.23. The predicted molar refractivity (Wildman–Crippen MR) is 77.8 cm³/mol. The molecule has 0 bridgehead atoms. The summed E-state index contributed by atoms with van der Waals surface area (Å²) in [5, 5.41) is 3.17. The maximum atomic E-state index is 12.6. The van der Waals surface area contributed by atoms with Crippen molar-refractivity contribution in [2.24, 2.45) is 0 Å². The van der Waals surface area contributed by atoms with Gasteiger partial charge in [0.25, 0.3) is 0 Å². The smallest absolute Gasteiger partial charge is 0.243 e. The zero-order valence-corrected chi connectivity index (χ0v) is 12.4. The molecule has 0 spiro atoms. The molecule has 1 aromatic carbocycles. The molecule has 1 saturated heterocycles. The number of anilines is 1. The average Bonchev–Trinajstić information content (AvgIpc) is 2.89. The third kappa shape index (κ3) is 2.92. The lowest BCUT2D eigenvalue weighted by molar-refractivity contribution is 0.379. The summed E-state index contributed by atoms with van der Waals surface area (Å²) >= 11 is 0. The second-order valence-corrected chi connectivity index (χ2v) is 6.77. The van der Waals surface area contributed by atoms with E-state index in [0.29, 0.717) is 11.4 Å². The summed E-state index contributed by atoms with van der Waals surface area (Å²) in [6, 6.07) is 7.20. The highest BCUT2D eigenvalue weighted by atomic mass is 32.2. The molecule has 0 aliphatic carbocycles. The number of rotatable bonds is 5. The van der Waals surface area contributed by atoms with Gasteiger partial charge >= 0.3 is 0 Å². The standard InChI is InChI=1S/C14H22N2O2S/c1-3-13-6-5-11-16(13)19(17,18)14-9-7-12(8-10-14)15-4-2/h7-10,13,15H,3-6,11H2,1-2H3. The highest BCUT2D eigenvalue weighted by Gasteiger charge is 2.33. The van der Waals surface area contributed by atoms with Crippen molar-refractivity contribution in [2.75, 3.05) is 18.4 Å². The van der Waals surface area contributed by atoms with Gasteiger partial charge in [0.05, 0.1) is 4.90 Å². The fourth-order valence-corrected chi connectivity index (χ4v) is 4.39. The van der Waals surface area contributed by atoms with Crippen LogP contribution in [0.4, 0.5) is 5.69 Å². The summed E-state index contributed by atoms with van der Waals surface area (Å²) in [6.07, 6.45) is 2.83. The minimum atomic E-state index is -3.33. The zero-order chi connectivity index (χ0) is 13.9. The van der Waals surface area contributed by atoms with Crippen molar-refractivity contribution in [1.29, 1.82) is 0 Å². The summed E-state index contributed by atoms with van der Waals surface area (Å²) in [5.74, 6) is 0. The van der Waals surface area contributed by atoms with Crippen LogP contribution in [0.2, 0.25) is 0 Å². The van der Waals surface area contributed by atoms with Crippen molar-refractivity contribution in [3.8, 4) is 0 Å². The number of hydrogen-bond donors (Lipinski definition) is 1. The van der Waals surface area contributed by atoms with Gasteiger partial charge in [0, 0.05) is 24.8 Å². The summed E-state index contributed by atoms with van der Waals surface area (Å²) < 4.78 is 26.8. The fourth-order valence-electron chi connectivity index (χ4n) is 2.62. The van der Waals surface area contributed by atoms with Crippen molar-refractivity contribution < 1.29 is 8.42 Å². The Balaban J connectivity index is 2.24. The molecule has 19 heavy (non-hydrogen) atoms. The molecule has 1 N–H and O–H groups in total. The number of sulfonamides is 1. The first kappa shape index (κ1) is 14.3. The predicted octanol–water partition coefficient (Wildman–Crippen LogP) is 2.68. The summed E-state index contributed by atoms with van der Waals surface area (Å²) in [7, 11) is -3.33. The van der Waals surface area contributed by atoms with E-state index >= 15 is 0 Å². The van der Waals surface area contributed by atoms with Crippen LogP contribution >= 0.6 is 0 Å². The molecular weight excluding hydrogens is 260 g/mol. The van der Waals surface area contributed by atoms with Crippen molar-refractivity contribution in [1.82, 2.24) is 4.31 Å². The van der Waals surface area contributed by atoms with Gasteiger partial charge in [0.2, 0.25) is 10.0 Å². The molecule has 2 rings (SSSR count). The molecule has 0 radical (unpaired) electrons. The molecule has 1 heterocycles. The van der Waals surface area contributed by atoms with Crippen LogP contribution in [0.15, 0.2) is 29.2 Å². The highest BCUT2D eigenvalue weighted by Crippen LogP contribution is 2.28. The normalized spacial score (nSPS) is 20.6. The molecule has 1 fully saturated rings. The molecule has 106 valence electrons. The van der Waals surface area contributed by atoms with Gasteiger partial charge in [-0.15, -0.1) is 0 Å². The van der Waals surface area contributed by atoms with E-state index in [0.717, 1.165) is 31.5 Å². The molecule has 0 aromatic heterocycles. The summed E-state index contributed by atoms with van der Waals surface area (Å²) in [5.41, 5.74) is 0.954. The number of nitrogens with one attached hydrogen (secondary N) is 1. The van der Waals surface area contributed by atoms with Crippen LogP contribution in [0.1, 0.15) is 33.1 Å². The van der Waals surface area contributed by atoms with E-state index < -0.39 is 10.0 Å². The van der Waals surface area contributed by atoms with Crippen molar-refractivity contribution in [3.05, 3.63) is 24.3 Å². The topological polar surface area (TPSA) is 49.4 Å². The maximum absolute atomic E-state index is 12.6. The number of benzene rings is 1. The first-order chi connectivity index (χ1) is 9.09. The van der Waals surface area contributed by atoms with E-state index in [9.17, 15) is 8.42 Å². The van der Waals surface area contributed by atoms with E-state index in [1.54, 1.807) is 16.4 Å². The molecule has 5 heteroatoms. The third-order valence-corrected chi connectivity index (χ3v) is 5.60. The Kier molecular flexibility index (Phi) is 4.47. The molecule has 1 unspecified atom stereocenters. The van der Waals surface area contributed by atoms with Crippen LogP contribution in [0.3, 0.4) is 0 Å². The van der Waals surface area contributed by atoms with Crippen LogP contribution in [-0.2, 0) is 10.0 Å². The van der Waals surface area contributed by atoms with E-state index in [4.69, 9.17) is 0 Å². The first-order valence-electron chi connectivity index (χ1n) is 6.95. The van der Waals surface area contributed by atoms with E-state index in [2.05, 4.69) is 5.32 Å². The van der Waals surface area contributed by atoms with E-state index in [1.807, 2.05) is 26.0 Å². The van der Waals surface area contributed by atoms with Crippen molar-refractivity contribution in [2.45, 2.75) is 44.0 Å². The van der Waals surface area contributed by atoms with Gasteiger partial charge < -0.3 is 5.32 Å². The van der Waals surface area contributed by atoms with Crippen molar-refractivity contribution >= 4 is 15.7 Å². The minimum Gasteiger partial charge on any atom is -0.385 e. The Labute approximate surface area is 115 Å². The molecule has 0 saturated carbocycles. The summed E-state index contributed by atoms with van der Waals surface area (Å²) in [4.78, 5) is 0.398. The Bertz CT molecular complexity index is 511. The largest absolute Gasteiger partial charge is 0.385 e. The molecular formula is C14H22N2O2S. The van der Waals surface area contributed by atoms with Crippen LogP contribution in [0, 0.1) is 0 Å². The van der Waals surface area contributed by atoms with Crippen LogP contribution in [0.25, 0.3) is 0 Å². The van der Waals surface area contributed by atoms with E-state index in [-0.39, 0.29) is 6.04 Å². The molecule has 0 amide bonds. The fraction of sp³-hybridized carbons (Fsp3) is 0.571. The molecule has 1 aromatic rings. The molecule has 1 aliphatic rings. The Morgan fingerprint density at radius 3 is 2.53 bits per heavy atom. The number of hydrogen-bond acceptors (Lipinski definition) is 3. The van der Waals surface area contributed by atoms with Gasteiger partial charge in [-0.3, -0.25) is 0 Å². The van der Waals surface area contributed by atoms with Gasteiger partial charge in [-0.1, -0.05) is 6.92 Å². The third-order valence-electron chi connectivity index (χ3n) is 3.64. The molecule has 1 atom stereocenters. The quantitative estimate of drug-likeness (QED) is 0.903. The highest BCUT2D eigenvalue weighted by molar-refractivity contribution is 7.89. The van der Waals surface area contributed by atoms with Gasteiger partial charge in [-0.05, 0) is 50.5 Å². The Morgan fingerprint density at radius 2 is 1.95 bits per heavy atom. The van der Waals surface area contributed by atoms with Crippen LogP contribution in [-0.4, -0.2) is 31.9 Å². The van der Waals surface area contributed by atoms with Gasteiger partial charge in [-0.25, -0.2) is 8.42 Å². The van der Waals surface area contributed by atoms with Gasteiger partial charge in [-0.2, -0.15) is 4.31 Å². The van der Waals surface area contributed by atoms with Gasteiger partial charge in [0.1, 0.15) is 0 Å². The lowest BCUT2D eigenvalue weighted by Crippen LogP contribution is -2.35. The maximum Gasteiger partial charge on any atom is 0.243 e. The summed E-state index contributed by atoms with van der Waals surface area (Å²) in [6.45, 7) is 5.54. The Morgan fingerprint density at radius 1 is 1.26 bits per heavy atom. The monoisotopic (exact) mass is 282 g/mol. The second-order valence-electron chi connectivity index (χ2n) is 4.87. The second kappa shape index (κ2) is 5.92. The number of nitrogens with zero attached hydrogens (tertiary/aromatic N) is 1. The Hall–Kier alpha value is -1.07. The van der Waals surface area contributed by atoms with Crippen molar-refractivity contribution in [3.63, 3.8) is 0 Å². The molecule has 1 aliphatic heterocycles.